The highest BCUT2D eigenvalue weighted by Gasteiger charge is 2.06. The Labute approximate surface area is 140 Å². The summed E-state index contributed by atoms with van der Waals surface area (Å²) in [6.07, 6.45) is 1.81. The molecule has 0 atom stereocenters. The van der Waals surface area contributed by atoms with Crippen LogP contribution in [0.15, 0.2) is 52.9 Å². The summed E-state index contributed by atoms with van der Waals surface area (Å²) in [6.45, 7) is 6.29. The van der Waals surface area contributed by atoms with Crippen molar-refractivity contribution in [1.29, 1.82) is 0 Å². The zero-order valence-corrected chi connectivity index (χ0v) is 14.3. The molecular weight excluding hydrogens is 302 g/mol. The van der Waals surface area contributed by atoms with Gasteiger partial charge in [-0.25, -0.2) is 4.98 Å². The number of hydrogen-bond donors (Lipinski definition) is 1. The Kier molecular flexibility index (Phi) is 4.53. The fraction of sp³-hybridized carbons (Fsp3) is 0.158. The summed E-state index contributed by atoms with van der Waals surface area (Å²) in [7, 11) is 0. The third-order valence-corrected chi connectivity index (χ3v) is 4.32. The number of thiazole rings is 1. The first-order valence-corrected chi connectivity index (χ1v) is 8.39. The Morgan fingerprint density at radius 3 is 2.65 bits per heavy atom. The number of aromatic nitrogens is 1. The normalized spacial score (nSPS) is 11.1. The molecule has 0 aliphatic carbocycles. The lowest BCUT2D eigenvalue weighted by Crippen LogP contribution is -1.91. The van der Waals surface area contributed by atoms with Crippen LogP contribution in [0.25, 0.3) is 11.3 Å². The van der Waals surface area contributed by atoms with Crippen LogP contribution in [0.4, 0.5) is 5.13 Å². The minimum absolute atomic E-state index is 0.795. The van der Waals surface area contributed by atoms with Crippen molar-refractivity contribution in [3.63, 3.8) is 0 Å². The van der Waals surface area contributed by atoms with E-state index in [9.17, 15) is 0 Å². The van der Waals surface area contributed by atoms with Crippen LogP contribution in [0.1, 0.15) is 22.3 Å². The summed E-state index contributed by atoms with van der Waals surface area (Å²) in [6, 6.07) is 14.6. The first-order chi connectivity index (χ1) is 11.1. The molecule has 0 bridgehead atoms. The fourth-order valence-corrected chi connectivity index (χ4v) is 3.12. The molecule has 0 saturated carbocycles. The predicted octanol–water partition coefficient (Wildman–Crippen LogP) is 5.18. The van der Waals surface area contributed by atoms with Gasteiger partial charge in [-0.15, -0.1) is 11.3 Å². The third-order valence-electron chi connectivity index (χ3n) is 3.58. The molecule has 3 rings (SSSR count). The molecule has 1 aromatic heterocycles. The zero-order chi connectivity index (χ0) is 16.2. The molecule has 0 aliphatic rings. The van der Waals surface area contributed by atoms with Crippen LogP contribution in [0, 0.1) is 20.8 Å². The van der Waals surface area contributed by atoms with Gasteiger partial charge in [0, 0.05) is 10.9 Å². The quantitative estimate of drug-likeness (QED) is 0.531. The van der Waals surface area contributed by atoms with Gasteiger partial charge in [0.2, 0.25) is 5.13 Å². The molecule has 1 heterocycles. The predicted molar refractivity (Wildman–Crippen MR) is 99.4 cm³/mol. The van der Waals surface area contributed by atoms with Gasteiger partial charge in [-0.05, 0) is 31.9 Å². The van der Waals surface area contributed by atoms with Crippen molar-refractivity contribution in [2.75, 3.05) is 5.43 Å². The Hall–Kier alpha value is -2.46. The average molecular weight is 321 g/mol. The van der Waals surface area contributed by atoms with E-state index in [0.29, 0.717) is 0 Å². The number of anilines is 1. The van der Waals surface area contributed by atoms with Crippen molar-refractivity contribution < 1.29 is 0 Å². The van der Waals surface area contributed by atoms with Gasteiger partial charge in [-0.1, -0.05) is 53.6 Å². The standard InChI is InChI=1S/C19H19N3S/c1-13-5-4-6-16(10-13)11-20-22-19-21-18(12-23-19)17-8-7-14(2)9-15(17)3/h4-12H,1-3H3,(H,21,22)/b20-11-. The number of hydrazone groups is 1. The van der Waals surface area contributed by atoms with Crippen molar-refractivity contribution in [2.45, 2.75) is 20.8 Å². The highest BCUT2D eigenvalue weighted by molar-refractivity contribution is 7.14. The van der Waals surface area contributed by atoms with E-state index in [1.165, 1.54) is 22.3 Å². The van der Waals surface area contributed by atoms with Crippen LogP contribution in [0.3, 0.4) is 0 Å². The number of hydrogen-bond acceptors (Lipinski definition) is 4. The average Bonchev–Trinajstić information content (AvgIpc) is 2.96. The largest absolute Gasteiger partial charge is 0.253 e. The molecule has 0 saturated heterocycles. The summed E-state index contributed by atoms with van der Waals surface area (Å²) in [5.41, 5.74) is 9.97. The minimum Gasteiger partial charge on any atom is -0.253 e. The topological polar surface area (TPSA) is 37.3 Å². The number of nitrogens with zero attached hydrogens (tertiary/aromatic N) is 2. The lowest BCUT2D eigenvalue weighted by Gasteiger charge is -2.03. The number of nitrogens with one attached hydrogen (secondary N) is 1. The van der Waals surface area contributed by atoms with Crippen molar-refractivity contribution in [1.82, 2.24) is 4.98 Å². The molecule has 3 aromatic rings. The van der Waals surface area contributed by atoms with E-state index in [1.54, 1.807) is 11.3 Å². The highest BCUT2D eigenvalue weighted by Crippen LogP contribution is 2.27. The second kappa shape index (κ2) is 6.75. The molecule has 0 unspecified atom stereocenters. The first-order valence-electron chi connectivity index (χ1n) is 7.51. The Morgan fingerprint density at radius 2 is 1.87 bits per heavy atom. The van der Waals surface area contributed by atoms with Gasteiger partial charge >= 0.3 is 0 Å². The van der Waals surface area contributed by atoms with Crippen LogP contribution in [0.2, 0.25) is 0 Å². The molecule has 0 amide bonds. The second-order valence-electron chi connectivity index (χ2n) is 5.64. The Morgan fingerprint density at radius 1 is 1.04 bits per heavy atom. The summed E-state index contributed by atoms with van der Waals surface area (Å²) in [5.74, 6) is 0. The fourth-order valence-electron chi connectivity index (χ4n) is 2.46. The van der Waals surface area contributed by atoms with E-state index < -0.39 is 0 Å². The van der Waals surface area contributed by atoms with Crippen LogP contribution < -0.4 is 5.43 Å². The van der Waals surface area contributed by atoms with Crippen LogP contribution in [-0.2, 0) is 0 Å². The van der Waals surface area contributed by atoms with Gasteiger partial charge in [0.1, 0.15) is 0 Å². The molecule has 0 radical (unpaired) electrons. The van der Waals surface area contributed by atoms with Gasteiger partial charge < -0.3 is 0 Å². The molecule has 2 aromatic carbocycles. The van der Waals surface area contributed by atoms with Gasteiger partial charge in [0.15, 0.2) is 0 Å². The minimum atomic E-state index is 0.795. The smallest absolute Gasteiger partial charge is 0.203 e. The monoisotopic (exact) mass is 321 g/mol. The summed E-state index contributed by atoms with van der Waals surface area (Å²) in [4.78, 5) is 4.61. The van der Waals surface area contributed by atoms with Crippen LogP contribution >= 0.6 is 11.3 Å². The van der Waals surface area contributed by atoms with Crippen molar-refractivity contribution in [3.05, 3.63) is 70.1 Å². The van der Waals surface area contributed by atoms with Crippen LogP contribution in [0.5, 0.6) is 0 Å². The third kappa shape index (κ3) is 3.85. The molecule has 0 spiro atoms. The molecule has 4 heteroatoms. The number of rotatable bonds is 4. The summed E-state index contributed by atoms with van der Waals surface area (Å²) < 4.78 is 0. The molecule has 23 heavy (non-hydrogen) atoms. The van der Waals surface area contributed by atoms with Crippen molar-refractivity contribution >= 4 is 22.7 Å². The van der Waals surface area contributed by atoms with Gasteiger partial charge in [0.25, 0.3) is 0 Å². The lowest BCUT2D eigenvalue weighted by molar-refractivity contribution is 1.28. The molecule has 0 fully saturated rings. The molecule has 3 nitrogen and oxygen atoms in total. The van der Waals surface area contributed by atoms with E-state index in [-0.39, 0.29) is 0 Å². The summed E-state index contributed by atoms with van der Waals surface area (Å²) >= 11 is 1.56. The van der Waals surface area contributed by atoms with E-state index in [4.69, 9.17) is 0 Å². The SMILES string of the molecule is Cc1cccc(/C=N\Nc2nc(-c3ccc(C)cc3C)cs2)c1. The van der Waals surface area contributed by atoms with Crippen molar-refractivity contribution in [3.8, 4) is 11.3 Å². The van der Waals surface area contributed by atoms with E-state index in [0.717, 1.165) is 16.4 Å². The maximum absolute atomic E-state index is 4.61. The maximum atomic E-state index is 4.61. The van der Waals surface area contributed by atoms with Crippen LogP contribution in [-0.4, -0.2) is 11.2 Å². The Bertz CT molecular complexity index is 849. The second-order valence-corrected chi connectivity index (χ2v) is 6.50. The molecular formula is C19H19N3S. The summed E-state index contributed by atoms with van der Waals surface area (Å²) in [5, 5.41) is 7.12. The van der Waals surface area contributed by atoms with Gasteiger partial charge in [0.05, 0.1) is 11.9 Å². The number of aryl methyl sites for hydroxylation is 3. The molecule has 1 N–H and O–H groups in total. The van der Waals surface area contributed by atoms with E-state index in [1.807, 2.05) is 18.3 Å². The highest BCUT2D eigenvalue weighted by atomic mass is 32.1. The zero-order valence-electron chi connectivity index (χ0n) is 13.5. The van der Waals surface area contributed by atoms with E-state index >= 15 is 0 Å². The van der Waals surface area contributed by atoms with Gasteiger partial charge in [-0.2, -0.15) is 5.10 Å². The Balaban J connectivity index is 1.72. The molecule has 116 valence electrons. The maximum Gasteiger partial charge on any atom is 0.203 e. The van der Waals surface area contributed by atoms with E-state index in [2.05, 4.69) is 72.0 Å². The van der Waals surface area contributed by atoms with Gasteiger partial charge in [-0.3, -0.25) is 5.43 Å². The first kappa shape index (κ1) is 15.4. The number of benzene rings is 2. The lowest BCUT2D eigenvalue weighted by atomic mass is 10.0. The molecule has 0 aliphatic heterocycles. The van der Waals surface area contributed by atoms with Crippen molar-refractivity contribution in [2.24, 2.45) is 5.10 Å².